The zero-order valence-corrected chi connectivity index (χ0v) is 15.7. The Morgan fingerprint density at radius 2 is 1.84 bits per heavy atom. The molecule has 0 radical (unpaired) electrons. The van der Waals surface area contributed by atoms with Gasteiger partial charge in [0.15, 0.2) is 5.13 Å². The molecule has 0 spiro atoms. The van der Waals surface area contributed by atoms with Gasteiger partial charge in [0, 0.05) is 18.7 Å². The number of hydrogen-bond acceptors (Lipinski definition) is 4. The van der Waals surface area contributed by atoms with Gasteiger partial charge in [0.1, 0.15) is 0 Å². The van der Waals surface area contributed by atoms with Crippen LogP contribution in [0, 0.1) is 0 Å². The molecule has 4 nitrogen and oxygen atoms in total. The van der Waals surface area contributed by atoms with Crippen molar-refractivity contribution in [3.8, 4) is 0 Å². The number of likely N-dealkylation sites (N-methyl/N-ethyl adjacent to an activating group) is 1. The van der Waals surface area contributed by atoms with Gasteiger partial charge in [0.2, 0.25) is 0 Å². The molecule has 0 aliphatic carbocycles. The lowest BCUT2D eigenvalue weighted by atomic mass is 10.2. The second-order valence-electron chi connectivity index (χ2n) is 6.28. The lowest BCUT2D eigenvalue weighted by Crippen LogP contribution is -2.36. The van der Waals surface area contributed by atoms with Gasteiger partial charge in [-0.05, 0) is 50.3 Å². The number of amides is 1. The van der Waals surface area contributed by atoms with E-state index in [-0.39, 0.29) is 5.91 Å². The summed E-state index contributed by atoms with van der Waals surface area (Å²) in [5, 5.41) is 0.763. The molecule has 2 aromatic carbocycles. The van der Waals surface area contributed by atoms with E-state index in [1.807, 2.05) is 50.5 Å². The van der Waals surface area contributed by atoms with Crippen LogP contribution in [0.4, 0.5) is 5.13 Å². The predicted octanol–water partition coefficient (Wildman–Crippen LogP) is 4.07. The summed E-state index contributed by atoms with van der Waals surface area (Å²) in [6.45, 7) is 3.54. The number of rotatable bonds is 6. The van der Waals surface area contributed by atoms with Crippen LogP contribution < -0.4 is 4.90 Å². The monoisotopic (exact) mass is 353 g/mol. The van der Waals surface area contributed by atoms with Gasteiger partial charge in [0.05, 0.1) is 10.2 Å². The molecule has 5 heteroatoms. The first-order chi connectivity index (χ1) is 12.1. The van der Waals surface area contributed by atoms with Gasteiger partial charge in [-0.2, -0.15) is 0 Å². The highest BCUT2D eigenvalue weighted by molar-refractivity contribution is 7.22. The molecular weight excluding hydrogens is 330 g/mol. The maximum Gasteiger partial charge on any atom is 0.260 e. The molecule has 3 aromatic rings. The first kappa shape index (κ1) is 17.6. The predicted molar refractivity (Wildman–Crippen MR) is 106 cm³/mol. The van der Waals surface area contributed by atoms with E-state index in [0.717, 1.165) is 28.3 Å². The van der Waals surface area contributed by atoms with Crippen molar-refractivity contribution in [2.75, 3.05) is 32.1 Å². The third-order valence-corrected chi connectivity index (χ3v) is 5.16. The van der Waals surface area contributed by atoms with Gasteiger partial charge in [-0.25, -0.2) is 4.98 Å². The number of fused-ring (bicyclic) bond motifs is 1. The van der Waals surface area contributed by atoms with E-state index in [0.29, 0.717) is 12.1 Å². The molecule has 0 aliphatic rings. The third kappa shape index (κ3) is 4.06. The Balaban J connectivity index is 1.97. The largest absolute Gasteiger partial charge is 0.308 e. The Bertz CT molecular complexity index is 858. The zero-order valence-electron chi connectivity index (χ0n) is 14.9. The molecule has 130 valence electrons. The molecule has 0 fully saturated rings. The fourth-order valence-corrected chi connectivity index (χ4v) is 3.67. The Labute approximate surface area is 152 Å². The van der Waals surface area contributed by atoms with Crippen LogP contribution in [-0.4, -0.2) is 43.0 Å². The molecular formula is C20H23N3OS. The Morgan fingerprint density at radius 3 is 2.52 bits per heavy atom. The van der Waals surface area contributed by atoms with Crippen molar-refractivity contribution in [3.05, 3.63) is 59.7 Å². The average Bonchev–Trinajstić information content (AvgIpc) is 3.04. The minimum atomic E-state index is -0.00257. The first-order valence-corrected chi connectivity index (χ1v) is 9.31. The standard InChI is InChI=1S/C20H23N3OS/c1-4-15-10-11-17-18(14-15)25-20(21-17)23(13-12-22(2)3)19(24)16-8-6-5-7-9-16/h5-11,14H,4,12-13H2,1-3H3. The van der Waals surface area contributed by atoms with E-state index >= 15 is 0 Å². The number of carbonyl (C=O) groups excluding carboxylic acids is 1. The van der Waals surface area contributed by atoms with Gasteiger partial charge in [-0.1, -0.05) is 42.5 Å². The van der Waals surface area contributed by atoms with Crippen LogP contribution in [-0.2, 0) is 6.42 Å². The van der Waals surface area contributed by atoms with Crippen LogP contribution in [0.1, 0.15) is 22.8 Å². The molecule has 1 amide bonds. The van der Waals surface area contributed by atoms with Gasteiger partial charge < -0.3 is 4.90 Å². The number of anilines is 1. The summed E-state index contributed by atoms with van der Waals surface area (Å²) in [5.74, 6) is -0.00257. The molecule has 25 heavy (non-hydrogen) atoms. The fourth-order valence-electron chi connectivity index (χ4n) is 2.61. The topological polar surface area (TPSA) is 36.4 Å². The molecule has 0 saturated heterocycles. The highest BCUT2D eigenvalue weighted by Gasteiger charge is 2.21. The number of benzene rings is 2. The van der Waals surface area contributed by atoms with Gasteiger partial charge >= 0.3 is 0 Å². The number of aryl methyl sites for hydroxylation is 1. The van der Waals surface area contributed by atoms with Crippen LogP contribution in [0.15, 0.2) is 48.5 Å². The molecule has 0 saturated carbocycles. The SMILES string of the molecule is CCc1ccc2nc(N(CCN(C)C)C(=O)c3ccccc3)sc2c1. The van der Waals surface area contributed by atoms with Crippen molar-refractivity contribution >= 4 is 32.6 Å². The third-order valence-electron chi connectivity index (χ3n) is 4.12. The van der Waals surface area contributed by atoms with Crippen molar-refractivity contribution in [1.29, 1.82) is 0 Å². The molecule has 1 heterocycles. The molecule has 0 bridgehead atoms. The Hall–Kier alpha value is -2.24. The second-order valence-corrected chi connectivity index (χ2v) is 7.29. The minimum Gasteiger partial charge on any atom is -0.308 e. The molecule has 0 N–H and O–H groups in total. The summed E-state index contributed by atoms with van der Waals surface area (Å²) < 4.78 is 1.13. The van der Waals surface area contributed by atoms with E-state index in [1.54, 1.807) is 16.2 Å². The van der Waals surface area contributed by atoms with E-state index in [9.17, 15) is 4.79 Å². The van der Waals surface area contributed by atoms with Crippen molar-refractivity contribution < 1.29 is 4.79 Å². The lowest BCUT2D eigenvalue weighted by Gasteiger charge is -2.22. The van der Waals surface area contributed by atoms with Gasteiger partial charge in [0.25, 0.3) is 5.91 Å². The Morgan fingerprint density at radius 1 is 1.08 bits per heavy atom. The van der Waals surface area contributed by atoms with Gasteiger partial charge in [-0.15, -0.1) is 0 Å². The van der Waals surface area contributed by atoms with Gasteiger partial charge in [-0.3, -0.25) is 9.69 Å². The van der Waals surface area contributed by atoms with Crippen LogP contribution in [0.25, 0.3) is 10.2 Å². The summed E-state index contributed by atoms with van der Waals surface area (Å²) >= 11 is 1.59. The summed E-state index contributed by atoms with van der Waals surface area (Å²) in [5.41, 5.74) is 2.93. The summed E-state index contributed by atoms with van der Waals surface area (Å²) in [6, 6.07) is 15.7. The maximum absolute atomic E-state index is 13.0. The summed E-state index contributed by atoms with van der Waals surface area (Å²) in [4.78, 5) is 21.6. The number of nitrogens with zero attached hydrogens (tertiary/aromatic N) is 3. The summed E-state index contributed by atoms with van der Waals surface area (Å²) in [6.07, 6.45) is 0.996. The molecule has 0 unspecified atom stereocenters. The highest BCUT2D eigenvalue weighted by atomic mass is 32.1. The normalized spacial score (nSPS) is 11.2. The van der Waals surface area contributed by atoms with Crippen LogP contribution in [0.2, 0.25) is 0 Å². The second kappa shape index (κ2) is 7.76. The Kier molecular flexibility index (Phi) is 5.46. The lowest BCUT2D eigenvalue weighted by molar-refractivity contribution is 0.0985. The molecule has 0 atom stereocenters. The molecule has 3 rings (SSSR count). The summed E-state index contributed by atoms with van der Waals surface area (Å²) in [7, 11) is 4.02. The van der Waals surface area contributed by atoms with E-state index in [4.69, 9.17) is 4.98 Å². The van der Waals surface area contributed by atoms with Crippen molar-refractivity contribution in [3.63, 3.8) is 0 Å². The number of thiazole rings is 1. The van der Waals surface area contributed by atoms with Crippen molar-refractivity contribution in [1.82, 2.24) is 9.88 Å². The average molecular weight is 353 g/mol. The fraction of sp³-hybridized carbons (Fsp3) is 0.300. The van der Waals surface area contributed by atoms with Crippen molar-refractivity contribution in [2.24, 2.45) is 0 Å². The number of aromatic nitrogens is 1. The van der Waals surface area contributed by atoms with Crippen LogP contribution in [0.3, 0.4) is 0 Å². The molecule has 1 aromatic heterocycles. The smallest absolute Gasteiger partial charge is 0.260 e. The molecule has 0 aliphatic heterocycles. The first-order valence-electron chi connectivity index (χ1n) is 8.49. The van der Waals surface area contributed by atoms with Crippen LogP contribution >= 0.6 is 11.3 Å². The zero-order chi connectivity index (χ0) is 17.8. The van der Waals surface area contributed by atoms with E-state index < -0.39 is 0 Å². The van der Waals surface area contributed by atoms with Crippen molar-refractivity contribution in [2.45, 2.75) is 13.3 Å². The number of carbonyl (C=O) groups is 1. The minimum absolute atomic E-state index is 0.00257. The maximum atomic E-state index is 13.0. The number of hydrogen-bond donors (Lipinski definition) is 0. The van der Waals surface area contributed by atoms with E-state index in [2.05, 4.69) is 24.0 Å². The van der Waals surface area contributed by atoms with E-state index in [1.165, 1.54) is 5.56 Å². The highest BCUT2D eigenvalue weighted by Crippen LogP contribution is 2.30. The van der Waals surface area contributed by atoms with Crippen LogP contribution in [0.5, 0.6) is 0 Å². The quantitative estimate of drug-likeness (QED) is 0.670.